The van der Waals surface area contributed by atoms with E-state index in [4.69, 9.17) is 0 Å². The molecule has 0 bridgehead atoms. The van der Waals surface area contributed by atoms with Crippen LogP contribution in [0.1, 0.15) is 33.6 Å². The van der Waals surface area contributed by atoms with Gasteiger partial charge in [-0.05, 0) is 18.3 Å². The standard InChI is InChI=1S/C10H19N/c1-8-6-7-9(11(8)5)10(2,3)4/h9H,1,6-7H2,2-5H3. The van der Waals surface area contributed by atoms with Crippen LogP contribution in [0.5, 0.6) is 0 Å². The Morgan fingerprint density at radius 2 is 2.00 bits per heavy atom. The van der Waals surface area contributed by atoms with Gasteiger partial charge in [-0.1, -0.05) is 27.4 Å². The summed E-state index contributed by atoms with van der Waals surface area (Å²) in [4.78, 5) is 2.33. The van der Waals surface area contributed by atoms with E-state index in [2.05, 4.69) is 39.3 Å². The maximum atomic E-state index is 4.02. The summed E-state index contributed by atoms with van der Waals surface area (Å²) < 4.78 is 0. The molecule has 0 saturated carbocycles. The lowest BCUT2D eigenvalue weighted by Crippen LogP contribution is -2.35. The molecule has 0 aromatic rings. The highest BCUT2D eigenvalue weighted by Gasteiger charge is 2.32. The summed E-state index contributed by atoms with van der Waals surface area (Å²) in [6.45, 7) is 10.9. The average molecular weight is 153 g/mol. The minimum atomic E-state index is 0.397. The second-order valence-electron chi connectivity index (χ2n) is 4.60. The van der Waals surface area contributed by atoms with Crippen LogP contribution in [0, 0.1) is 5.41 Å². The lowest BCUT2D eigenvalue weighted by atomic mass is 9.85. The van der Waals surface area contributed by atoms with E-state index in [1.807, 2.05) is 0 Å². The predicted octanol–water partition coefficient (Wildman–Crippen LogP) is 2.64. The molecule has 11 heavy (non-hydrogen) atoms. The van der Waals surface area contributed by atoms with Crippen molar-refractivity contribution in [1.82, 2.24) is 4.90 Å². The third kappa shape index (κ3) is 1.58. The first-order valence-corrected chi connectivity index (χ1v) is 4.33. The van der Waals surface area contributed by atoms with Crippen molar-refractivity contribution in [2.45, 2.75) is 39.7 Å². The first kappa shape index (κ1) is 8.63. The van der Waals surface area contributed by atoms with Gasteiger partial charge in [-0.2, -0.15) is 0 Å². The molecule has 1 fully saturated rings. The van der Waals surface area contributed by atoms with Crippen molar-refractivity contribution in [3.63, 3.8) is 0 Å². The number of allylic oxidation sites excluding steroid dienone is 1. The Kier molecular flexibility index (Phi) is 2.00. The number of hydrogen-bond acceptors (Lipinski definition) is 1. The van der Waals surface area contributed by atoms with Crippen LogP contribution in [0.15, 0.2) is 12.3 Å². The van der Waals surface area contributed by atoms with Gasteiger partial charge < -0.3 is 4.90 Å². The summed E-state index contributed by atoms with van der Waals surface area (Å²) in [6, 6.07) is 0.690. The van der Waals surface area contributed by atoms with Gasteiger partial charge in [0.05, 0.1) is 0 Å². The Balaban J connectivity index is 2.70. The van der Waals surface area contributed by atoms with Crippen LogP contribution in [0.2, 0.25) is 0 Å². The fraction of sp³-hybridized carbons (Fsp3) is 0.800. The maximum absolute atomic E-state index is 4.02. The molecule has 0 amide bonds. The van der Waals surface area contributed by atoms with Crippen LogP contribution in [0.4, 0.5) is 0 Å². The summed E-state index contributed by atoms with van der Waals surface area (Å²) in [7, 11) is 2.16. The monoisotopic (exact) mass is 153 g/mol. The van der Waals surface area contributed by atoms with Gasteiger partial charge in [-0.15, -0.1) is 0 Å². The molecule has 0 spiro atoms. The molecule has 64 valence electrons. The van der Waals surface area contributed by atoms with E-state index in [0.717, 1.165) is 0 Å². The molecule has 1 nitrogen and oxygen atoms in total. The van der Waals surface area contributed by atoms with Crippen LogP contribution in [0.25, 0.3) is 0 Å². The molecule has 1 atom stereocenters. The summed E-state index contributed by atoms with van der Waals surface area (Å²) in [5.41, 5.74) is 1.69. The van der Waals surface area contributed by atoms with Crippen LogP contribution < -0.4 is 0 Å². The molecule has 1 heteroatoms. The molecule has 0 N–H and O–H groups in total. The number of rotatable bonds is 0. The topological polar surface area (TPSA) is 3.24 Å². The molecule has 0 aliphatic carbocycles. The zero-order valence-corrected chi connectivity index (χ0v) is 8.15. The molecule has 0 aromatic carbocycles. The van der Waals surface area contributed by atoms with Crippen molar-refractivity contribution >= 4 is 0 Å². The minimum absolute atomic E-state index is 0.397. The van der Waals surface area contributed by atoms with Gasteiger partial charge in [0.15, 0.2) is 0 Å². The summed E-state index contributed by atoms with van der Waals surface area (Å²) in [5, 5.41) is 0. The SMILES string of the molecule is C=C1CCC(C(C)(C)C)N1C. The molecular formula is C10H19N. The van der Waals surface area contributed by atoms with Crippen LogP contribution >= 0.6 is 0 Å². The largest absolute Gasteiger partial charge is 0.375 e. The van der Waals surface area contributed by atoms with Gasteiger partial charge in [-0.3, -0.25) is 0 Å². The number of nitrogens with zero attached hydrogens (tertiary/aromatic N) is 1. The van der Waals surface area contributed by atoms with Gasteiger partial charge in [0, 0.05) is 18.8 Å². The smallest absolute Gasteiger partial charge is 0.0335 e. The van der Waals surface area contributed by atoms with E-state index in [9.17, 15) is 0 Å². The van der Waals surface area contributed by atoms with Gasteiger partial charge >= 0.3 is 0 Å². The van der Waals surface area contributed by atoms with Crippen molar-refractivity contribution in [2.24, 2.45) is 5.41 Å². The van der Waals surface area contributed by atoms with Crippen LogP contribution in [-0.4, -0.2) is 18.0 Å². The quantitative estimate of drug-likeness (QED) is 0.517. The molecule has 1 aliphatic rings. The van der Waals surface area contributed by atoms with Gasteiger partial charge in [-0.25, -0.2) is 0 Å². The summed E-state index contributed by atoms with van der Waals surface area (Å²) >= 11 is 0. The van der Waals surface area contributed by atoms with E-state index in [1.165, 1.54) is 18.5 Å². The highest BCUT2D eigenvalue weighted by Crippen LogP contribution is 2.35. The molecule has 0 radical (unpaired) electrons. The van der Waals surface area contributed by atoms with E-state index in [1.54, 1.807) is 0 Å². The molecule has 1 unspecified atom stereocenters. The van der Waals surface area contributed by atoms with Crippen molar-refractivity contribution < 1.29 is 0 Å². The molecular weight excluding hydrogens is 134 g/mol. The summed E-state index contributed by atoms with van der Waals surface area (Å²) in [5.74, 6) is 0. The molecule has 1 rings (SSSR count). The van der Waals surface area contributed by atoms with Crippen molar-refractivity contribution in [3.8, 4) is 0 Å². The zero-order chi connectivity index (χ0) is 8.65. The Morgan fingerprint density at radius 3 is 2.18 bits per heavy atom. The highest BCUT2D eigenvalue weighted by molar-refractivity contribution is 5.05. The maximum Gasteiger partial charge on any atom is 0.0335 e. The Morgan fingerprint density at radius 1 is 1.45 bits per heavy atom. The first-order chi connectivity index (χ1) is 4.93. The second-order valence-corrected chi connectivity index (χ2v) is 4.60. The van der Waals surface area contributed by atoms with Crippen LogP contribution in [-0.2, 0) is 0 Å². The number of hydrogen-bond donors (Lipinski definition) is 0. The van der Waals surface area contributed by atoms with Gasteiger partial charge in [0.2, 0.25) is 0 Å². The Labute approximate surface area is 70.1 Å². The molecule has 1 saturated heterocycles. The van der Waals surface area contributed by atoms with Gasteiger partial charge in [0.1, 0.15) is 0 Å². The normalized spacial score (nSPS) is 26.4. The fourth-order valence-corrected chi connectivity index (χ4v) is 1.91. The third-order valence-electron chi connectivity index (χ3n) is 2.67. The Hall–Kier alpha value is -0.460. The van der Waals surface area contributed by atoms with E-state index >= 15 is 0 Å². The number of likely N-dealkylation sites (tertiary alicyclic amines) is 1. The van der Waals surface area contributed by atoms with Crippen molar-refractivity contribution in [2.75, 3.05) is 7.05 Å². The Bertz CT molecular complexity index is 164. The zero-order valence-electron chi connectivity index (χ0n) is 8.15. The third-order valence-corrected chi connectivity index (χ3v) is 2.67. The van der Waals surface area contributed by atoms with E-state index < -0.39 is 0 Å². The lowest BCUT2D eigenvalue weighted by molar-refractivity contribution is 0.188. The van der Waals surface area contributed by atoms with Gasteiger partial charge in [0.25, 0.3) is 0 Å². The second kappa shape index (κ2) is 2.54. The van der Waals surface area contributed by atoms with E-state index in [0.29, 0.717) is 11.5 Å². The van der Waals surface area contributed by atoms with Crippen molar-refractivity contribution in [1.29, 1.82) is 0 Å². The molecule has 0 aromatic heterocycles. The lowest BCUT2D eigenvalue weighted by Gasteiger charge is -2.34. The predicted molar refractivity (Wildman–Crippen MR) is 49.4 cm³/mol. The average Bonchev–Trinajstić information content (AvgIpc) is 2.11. The fourth-order valence-electron chi connectivity index (χ4n) is 1.91. The highest BCUT2D eigenvalue weighted by atomic mass is 15.2. The molecule has 1 aliphatic heterocycles. The van der Waals surface area contributed by atoms with E-state index in [-0.39, 0.29) is 0 Å². The van der Waals surface area contributed by atoms with Crippen LogP contribution in [0.3, 0.4) is 0 Å². The minimum Gasteiger partial charge on any atom is -0.375 e. The summed E-state index contributed by atoms with van der Waals surface area (Å²) in [6.07, 6.45) is 2.46. The first-order valence-electron chi connectivity index (χ1n) is 4.33. The molecule has 1 heterocycles. The van der Waals surface area contributed by atoms with Crippen molar-refractivity contribution in [3.05, 3.63) is 12.3 Å².